The molecule has 1 heterocycles. The van der Waals surface area contributed by atoms with Gasteiger partial charge >= 0.3 is 0 Å². The van der Waals surface area contributed by atoms with Crippen molar-refractivity contribution in [3.63, 3.8) is 0 Å². The molecule has 6 heteroatoms. The summed E-state index contributed by atoms with van der Waals surface area (Å²) in [7, 11) is 0. The fourth-order valence-electron chi connectivity index (χ4n) is 3.67. The predicted octanol–water partition coefficient (Wildman–Crippen LogP) is 0.757. The van der Waals surface area contributed by atoms with Gasteiger partial charge < -0.3 is 20.6 Å². The second-order valence-corrected chi connectivity index (χ2v) is 6.97. The van der Waals surface area contributed by atoms with E-state index in [4.69, 9.17) is 0 Å². The van der Waals surface area contributed by atoms with E-state index in [0.29, 0.717) is 6.54 Å². The zero-order chi connectivity index (χ0) is 19.4. The van der Waals surface area contributed by atoms with E-state index in [2.05, 4.69) is 5.32 Å². The van der Waals surface area contributed by atoms with Crippen LogP contribution in [0, 0.1) is 0 Å². The maximum atomic E-state index is 11.3. The molecule has 0 aliphatic carbocycles. The summed E-state index contributed by atoms with van der Waals surface area (Å²) < 4.78 is 0. The van der Waals surface area contributed by atoms with Crippen LogP contribution in [0.4, 0.5) is 0 Å². The Morgan fingerprint density at radius 3 is 2.15 bits per heavy atom. The molecule has 6 nitrogen and oxygen atoms in total. The van der Waals surface area contributed by atoms with Crippen LogP contribution in [0.1, 0.15) is 12.5 Å². The average molecular weight is 370 g/mol. The lowest BCUT2D eigenvalue weighted by Gasteiger charge is -2.29. The van der Waals surface area contributed by atoms with Crippen molar-refractivity contribution in [3.8, 4) is 11.1 Å². The number of hydrogen-bond donors (Lipinski definition) is 4. The van der Waals surface area contributed by atoms with E-state index in [9.17, 15) is 20.1 Å². The first kappa shape index (κ1) is 19.5. The molecule has 27 heavy (non-hydrogen) atoms. The molecule has 144 valence electrons. The maximum Gasteiger partial charge on any atom is 0.216 e. The molecule has 3 rings (SSSR count). The van der Waals surface area contributed by atoms with Crippen molar-refractivity contribution in [2.24, 2.45) is 0 Å². The lowest BCUT2D eigenvalue weighted by molar-refractivity contribution is -0.119. The summed E-state index contributed by atoms with van der Waals surface area (Å²) in [5.74, 6) is -0.198. The van der Waals surface area contributed by atoms with E-state index in [1.807, 2.05) is 59.5 Å². The van der Waals surface area contributed by atoms with Gasteiger partial charge in [0.05, 0.1) is 30.9 Å². The zero-order valence-electron chi connectivity index (χ0n) is 15.3. The Kier molecular flexibility index (Phi) is 6.23. The first-order chi connectivity index (χ1) is 13.0. The van der Waals surface area contributed by atoms with Crippen molar-refractivity contribution >= 4 is 5.91 Å². The number of carbonyl (C=O) groups excluding carboxylic acids is 1. The molecule has 1 saturated heterocycles. The van der Waals surface area contributed by atoms with Crippen molar-refractivity contribution in [2.75, 3.05) is 13.2 Å². The number of nitrogens with one attached hydrogen (secondary N) is 1. The van der Waals surface area contributed by atoms with Crippen molar-refractivity contribution in [1.82, 2.24) is 10.2 Å². The highest BCUT2D eigenvalue weighted by Gasteiger charge is 2.46. The smallest absolute Gasteiger partial charge is 0.216 e. The van der Waals surface area contributed by atoms with Gasteiger partial charge in [0.25, 0.3) is 0 Å². The quantitative estimate of drug-likeness (QED) is 0.602. The van der Waals surface area contributed by atoms with E-state index in [0.717, 1.165) is 16.7 Å². The van der Waals surface area contributed by atoms with Crippen LogP contribution in [-0.4, -0.2) is 63.6 Å². The van der Waals surface area contributed by atoms with Gasteiger partial charge in [-0.25, -0.2) is 0 Å². The fraction of sp³-hybridized carbons (Fsp3) is 0.381. The molecule has 0 bridgehead atoms. The van der Waals surface area contributed by atoms with Crippen molar-refractivity contribution in [1.29, 1.82) is 0 Å². The van der Waals surface area contributed by atoms with Crippen LogP contribution in [0.2, 0.25) is 0 Å². The van der Waals surface area contributed by atoms with Gasteiger partial charge in [-0.2, -0.15) is 0 Å². The Morgan fingerprint density at radius 2 is 1.56 bits per heavy atom. The second-order valence-electron chi connectivity index (χ2n) is 6.97. The van der Waals surface area contributed by atoms with Gasteiger partial charge in [-0.3, -0.25) is 9.69 Å². The van der Waals surface area contributed by atoms with Crippen molar-refractivity contribution in [2.45, 2.75) is 37.8 Å². The molecule has 2 aromatic rings. The molecule has 0 saturated carbocycles. The van der Waals surface area contributed by atoms with Crippen LogP contribution >= 0.6 is 0 Å². The monoisotopic (exact) mass is 370 g/mol. The fourth-order valence-corrected chi connectivity index (χ4v) is 3.67. The number of aliphatic hydroxyl groups is 3. The van der Waals surface area contributed by atoms with Gasteiger partial charge in [0, 0.05) is 20.0 Å². The normalized spacial score (nSPS) is 25.5. The highest BCUT2D eigenvalue weighted by Crippen LogP contribution is 2.28. The molecular weight excluding hydrogens is 344 g/mol. The van der Waals surface area contributed by atoms with E-state index in [1.54, 1.807) is 0 Å². The number of aliphatic hydroxyl groups excluding tert-OH is 3. The largest absolute Gasteiger partial charge is 0.395 e. The molecule has 1 amide bonds. The van der Waals surface area contributed by atoms with Gasteiger partial charge in [0.15, 0.2) is 0 Å². The Balaban J connectivity index is 1.77. The van der Waals surface area contributed by atoms with Crippen LogP contribution in [0.3, 0.4) is 0 Å². The molecule has 1 unspecified atom stereocenters. The topological polar surface area (TPSA) is 93.0 Å². The van der Waals surface area contributed by atoms with Crippen LogP contribution < -0.4 is 5.32 Å². The molecule has 4 atom stereocenters. The van der Waals surface area contributed by atoms with Crippen molar-refractivity contribution in [3.05, 3.63) is 60.2 Å². The zero-order valence-corrected chi connectivity index (χ0v) is 15.3. The highest BCUT2D eigenvalue weighted by atomic mass is 16.3. The van der Waals surface area contributed by atoms with Crippen molar-refractivity contribution < 1.29 is 20.1 Å². The minimum absolute atomic E-state index is 0.198. The maximum absolute atomic E-state index is 11.3. The summed E-state index contributed by atoms with van der Waals surface area (Å²) in [5, 5.41) is 33.0. The number of carbonyl (C=O) groups is 1. The van der Waals surface area contributed by atoms with E-state index in [1.165, 1.54) is 6.92 Å². The summed E-state index contributed by atoms with van der Waals surface area (Å²) in [5.41, 5.74) is 3.24. The van der Waals surface area contributed by atoms with Gasteiger partial charge in [0.2, 0.25) is 5.91 Å². The summed E-state index contributed by atoms with van der Waals surface area (Å²) in [6, 6.07) is 17.1. The van der Waals surface area contributed by atoms with E-state index in [-0.39, 0.29) is 19.1 Å². The number of likely N-dealkylation sites (tertiary alicyclic amines) is 1. The molecule has 2 aromatic carbocycles. The van der Waals surface area contributed by atoms with Crippen LogP contribution in [0.25, 0.3) is 11.1 Å². The Hall–Kier alpha value is -2.25. The summed E-state index contributed by atoms with van der Waals surface area (Å²) in [6.45, 7) is 1.82. The summed E-state index contributed by atoms with van der Waals surface area (Å²) >= 11 is 0. The van der Waals surface area contributed by atoms with Gasteiger partial charge in [-0.1, -0.05) is 54.6 Å². The third-order valence-corrected chi connectivity index (χ3v) is 5.16. The number of benzene rings is 2. The SMILES string of the molecule is CC(=O)NC[C@@H]1[C@@H](O)[C@H](O)C(CO)N1Cc1ccc(-c2ccccc2)cc1. The van der Waals surface area contributed by atoms with Gasteiger partial charge in [-0.15, -0.1) is 0 Å². The summed E-state index contributed by atoms with van der Waals surface area (Å²) in [6.07, 6.45) is -2.09. The van der Waals surface area contributed by atoms with Crippen LogP contribution in [-0.2, 0) is 11.3 Å². The van der Waals surface area contributed by atoms with Gasteiger partial charge in [-0.05, 0) is 16.7 Å². The Labute approximate surface area is 159 Å². The third-order valence-electron chi connectivity index (χ3n) is 5.16. The molecule has 4 N–H and O–H groups in total. The number of rotatable bonds is 6. The second kappa shape index (κ2) is 8.63. The Morgan fingerprint density at radius 1 is 0.963 bits per heavy atom. The van der Waals surface area contributed by atoms with Crippen LogP contribution in [0.15, 0.2) is 54.6 Å². The van der Waals surface area contributed by atoms with Crippen LogP contribution in [0.5, 0.6) is 0 Å². The summed E-state index contributed by atoms with van der Waals surface area (Å²) in [4.78, 5) is 13.1. The molecule has 1 aliphatic rings. The molecule has 0 aromatic heterocycles. The Bertz CT molecular complexity index is 751. The molecule has 0 radical (unpaired) electrons. The minimum Gasteiger partial charge on any atom is -0.395 e. The third kappa shape index (κ3) is 4.36. The number of hydrogen-bond acceptors (Lipinski definition) is 5. The molecule has 1 aliphatic heterocycles. The molecule has 1 fully saturated rings. The van der Waals surface area contributed by atoms with E-state index >= 15 is 0 Å². The first-order valence-corrected chi connectivity index (χ1v) is 9.13. The lowest BCUT2D eigenvalue weighted by atomic mass is 10.0. The molecular formula is C21H26N2O4. The minimum atomic E-state index is -1.06. The molecule has 0 spiro atoms. The number of amides is 1. The van der Waals surface area contributed by atoms with Gasteiger partial charge in [0.1, 0.15) is 0 Å². The first-order valence-electron chi connectivity index (χ1n) is 9.13. The predicted molar refractivity (Wildman–Crippen MR) is 103 cm³/mol. The van der Waals surface area contributed by atoms with E-state index < -0.39 is 24.3 Å². The standard InChI is InChI=1S/C21H26N2O4/c1-14(25)22-11-18-20(26)21(27)19(13-24)23(18)12-15-7-9-17(10-8-15)16-5-3-2-4-6-16/h2-10,18-21,24,26-27H,11-13H2,1H3,(H,22,25)/t18-,19?,20-,21-/m1/s1. The lowest BCUT2D eigenvalue weighted by Crippen LogP contribution is -2.46. The number of nitrogens with zero attached hydrogens (tertiary/aromatic N) is 1. The average Bonchev–Trinajstić information content (AvgIpc) is 2.91. The highest BCUT2D eigenvalue weighted by molar-refractivity contribution is 5.72.